The van der Waals surface area contributed by atoms with E-state index in [1.54, 1.807) is 0 Å². The maximum atomic E-state index is 11.5. The van der Waals surface area contributed by atoms with Crippen molar-refractivity contribution in [1.29, 1.82) is 0 Å². The zero-order chi connectivity index (χ0) is 10.2. The van der Waals surface area contributed by atoms with Crippen molar-refractivity contribution in [2.24, 2.45) is 0 Å². The molecule has 13 heavy (non-hydrogen) atoms. The van der Waals surface area contributed by atoms with E-state index in [9.17, 15) is 8.42 Å². The zero-order valence-corrected chi connectivity index (χ0v) is 7.71. The van der Waals surface area contributed by atoms with E-state index in [-0.39, 0.29) is 11.4 Å². The fourth-order valence-electron chi connectivity index (χ4n) is 1.00. The monoisotopic (exact) mass is 199 g/mol. The molecule has 0 saturated heterocycles. The van der Waals surface area contributed by atoms with Crippen molar-refractivity contribution in [1.82, 2.24) is 4.98 Å². The molecule has 1 saturated carbocycles. The van der Waals surface area contributed by atoms with E-state index < -0.39 is 10.0 Å². The van der Waals surface area contributed by atoms with E-state index in [0.29, 0.717) is 5.69 Å². The molecule has 1 aromatic rings. The summed E-state index contributed by atoms with van der Waals surface area (Å²) in [4.78, 5) is 3.66. The molecule has 70 valence electrons. The molecule has 0 spiro atoms. The number of nitrogens with zero attached hydrogens (tertiary/aromatic N) is 1. The average Bonchev–Trinajstić information content (AvgIpc) is 2.84. The first-order chi connectivity index (χ1) is 6.58. The predicted molar refractivity (Wildman–Crippen MR) is 49.8 cm³/mol. The van der Waals surface area contributed by atoms with Crippen LogP contribution in [0.4, 0.5) is 5.69 Å². The summed E-state index contributed by atoms with van der Waals surface area (Å²) in [6.07, 6.45) is 2.93. The minimum Gasteiger partial charge on any atom is -0.283 e. The molecule has 1 N–H and O–H groups in total. The van der Waals surface area contributed by atoms with Gasteiger partial charge in [0.15, 0.2) is 0 Å². The second-order valence-electron chi connectivity index (χ2n) is 3.02. The van der Waals surface area contributed by atoms with Crippen LogP contribution in [0.25, 0.3) is 0 Å². The zero-order valence-electron chi connectivity index (χ0n) is 7.90. The summed E-state index contributed by atoms with van der Waals surface area (Å²) in [6, 6.07) is 2.93. The lowest BCUT2D eigenvalue weighted by atomic mass is 10.4. The molecule has 0 unspecified atom stereocenters. The average molecular weight is 199 g/mol. The minimum absolute atomic E-state index is 0.0565. The van der Waals surface area contributed by atoms with Gasteiger partial charge in [-0.05, 0) is 25.0 Å². The van der Waals surface area contributed by atoms with Gasteiger partial charge < -0.3 is 0 Å². The molecular weight excluding hydrogens is 188 g/mol. The minimum atomic E-state index is -3.22. The summed E-state index contributed by atoms with van der Waals surface area (Å²) in [5, 5.41) is -0.246. The lowest BCUT2D eigenvalue weighted by Crippen LogP contribution is -2.17. The van der Waals surface area contributed by atoms with E-state index in [1.165, 1.54) is 18.3 Å². The molecule has 0 amide bonds. The first-order valence-corrected chi connectivity index (χ1v) is 5.57. The molecule has 1 aliphatic rings. The van der Waals surface area contributed by atoms with Gasteiger partial charge in [0, 0.05) is 12.4 Å². The van der Waals surface area contributed by atoms with Crippen molar-refractivity contribution in [2.45, 2.75) is 18.1 Å². The second kappa shape index (κ2) is 2.99. The Morgan fingerprint density at radius 3 is 2.92 bits per heavy atom. The van der Waals surface area contributed by atoms with E-state index in [4.69, 9.17) is 1.37 Å². The Labute approximate surface area is 78.5 Å². The van der Waals surface area contributed by atoms with Gasteiger partial charge in [-0.3, -0.25) is 9.71 Å². The summed E-state index contributed by atoms with van der Waals surface area (Å²) >= 11 is 0. The van der Waals surface area contributed by atoms with Crippen LogP contribution >= 0.6 is 0 Å². The number of pyridine rings is 1. The Balaban J connectivity index is 2.18. The molecule has 0 atom stereocenters. The Kier molecular flexibility index (Phi) is 1.68. The van der Waals surface area contributed by atoms with Gasteiger partial charge in [-0.25, -0.2) is 8.42 Å². The number of sulfonamides is 1. The summed E-state index contributed by atoms with van der Waals surface area (Å²) < 4.78 is 32.6. The topological polar surface area (TPSA) is 59.1 Å². The Morgan fingerprint density at radius 2 is 2.31 bits per heavy atom. The van der Waals surface area contributed by atoms with Gasteiger partial charge in [-0.15, -0.1) is 0 Å². The Hall–Kier alpha value is -1.10. The Bertz CT molecular complexity index is 442. The van der Waals surface area contributed by atoms with Crippen LogP contribution in [0.5, 0.6) is 0 Å². The van der Waals surface area contributed by atoms with Gasteiger partial charge in [0.25, 0.3) is 0 Å². The van der Waals surface area contributed by atoms with Crippen molar-refractivity contribution in [2.75, 3.05) is 4.72 Å². The number of hydrogen-bond donors (Lipinski definition) is 1. The molecular formula is C8H10N2O2S. The van der Waals surface area contributed by atoms with Crippen LogP contribution in [-0.2, 0) is 10.0 Å². The van der Waals surface area contributed by atoms with Gasteiger partial charge in [-0.2, -0.15) is 0 Å². The highest BCUT2D eigenvalue weighted by Crippen LogP contribution is 2.29. The molecule has 2 rings (SSSR count). The van der Waals surface area contributed by atoms with E-state index in [0.717, 1.165) is 12.8 Å². The van der Waals surface area contributed by atoms with Crippen molar-refractivity contribution < 1.29 is 9.79 Å². The third kappa shape index (κ3) is 1.98. The van der Waals surface area contributed by atoms with Gasteiger partial charge in [-0.1, -0.05) is 0 Å². The van der Waals surface area contributed by atoms with Crippen molar-refractivity contribution in [3.63, 3.8) is 0 Å². The van der Waals surface area contributed by atoms with Crippen LogP contribution < -0.4 is 4.72 Å². The first-order valence-electron chi connectivity index (χ1n) is 4.52. The molecule has 5 heteroatoms. The summed E-state index contributed by atoms with van der Waals surface area (Å²) in [5.74, 6) is 0. The fraction of sp³-hybridized carbons (Fsp3) is 0.375. The molecule has 0 aliphatic heterocycles. The highest BCUT2D eigenvalue weighted by Gasteiger charge is 2.35. The van der Waals surface area contributed by atoms with Crippen LogP contribution in [0, 0.1) is 0 Å². The van der Waals surface area contributed by atoms with Crippen molar-refractivity contribution >= 4 is 15.7 Å². The number of aromatic nitrogens is 1. The number of anilines is 1. The molecule has 1 fully saturated rings. The van der Waals surface area contributed by atoms with Gasteiger partial charge in [0.05, 0.1) is 12.3 Å². The second-order valence-corrected chi connectivity index (χ2v) is 4.98. The van der Waals surface area contributed by atoms with Crippen LogP contribution in [0.1, 0.15) is 14.2 Å². The molecule has 0 bridgehead atoms. The fourth-order valence-corrected chi connectivity index (χ4v) is 2.38. The first kappa shape index (κ1) is 7.32. The van der Waals surface area contributed by atoms with Gasteiger partial charge in [0.1, 0.15) is 0 Å². The predicted octanol–water partition coefficient (Wildman–Crippen LogP) is 0.986. The summed E-state index contributed by atoms with van der Waals surface area (Å²) in [5.41, 5.74) is 0.414. The number of rotatable bonds is 3. The quantitative estimate of drug-likeness (QED) is 0.789. The van der Waals surface area contributed by atoms with Crippen LogP contribution in [0.3, 0.4) is 0 Å². The van der Waals surface area contributed by atoms with E-state index in [2.05, 4.69) is 9.71 Å². The molecule has 0 aromatic carbocycles. The van der Waals surface area contributed by atoms with Crippen LogP contribution in [0.2, 0.25) is 0 Å². The number of hydrogen-bond acceptors (Lipinski definition) is 3. The maximum Gasteiger partial charge on any atom is 0.235 e. The Morgan fingerprint density at radius 1 is 1.54 bits per heavy atom. The van der Waals surface area contributed by atoms with Gasteiger partial charge in [0.2, 0.25) is 10.0 Å². The third-order valence-electron chi connectivity index (χ3n) is 1.85. The number of nitrogens with one attached hydrogen (secondary N) is 1. The highest BCUT2D eigenvalue weighted by atomic mass is 32.2. The maximum absolute atomic E-state index is 11.5. The van der Waals surface area contributed by atoms with Crippen LogP contribution in [-0.4, -0.2) is 18.7 Å². The standard InChI is InChI=1S/C8H10N2O2S/c11-13(12,8-1-2-8)10-7-3-5-9-6-4-7/h3-6,8H,1-2H2,(H,9,10)/i5D. The largest absolute Gasteiger partial charge is 0.283 e. The molecule has 0 radical (unpaired) electrons. The molecule has 4 nitrogen and oxygen atoms in total. The normalized spacial score (nSPS) is 18.0. The molecule has 1 aromatic heterocycles. The van der Waals surface area contributed by atoms with Gasteiger partial charge >= 0.3 is 0 Å². The summed E-state index contributed by atoms with van der Waals surface area (Å²) in [6.45, 7) is 0. The lowest BCUT2D eigenvalue weighted by molar-refractivity contribution is 0.600. The third-order valence-corrected chi connectivity index (χ3v) is 3.72. The van der Waals surface area contributed by atoms with E-state index >= 15 is 0 Å². The lowest BCUT2D eigenvalue weighted by Gasteiger charge is -2.05. The van der Waals surface area contributed by atoms with Crippen LogP contribution in [0.15, 0.2) is 24.5 Å². The van der Waals surface area contributed by atoms with Crippen molar-refractivity contribution in [3.8, 4) is 0 Å². The smallest absolute Gasteiger partial charge is 0.235 e. The molecule has 1 heterocycles. The highest BCUT2D eigenvalue weighted by molar-refractivity contribution is 7.93. The molecule has 1 aliphatic carbocycles. The summed E-state index contributed by atoms with van der Waals surface area (Å²) in [7, 11) is -3.22. The SMILES string of the molecule is [2H]c1cc(NS(=O)(=O)C2CC2)ccn1. The van der Waals surface area contributed by atoms with Crippen molar-refractivity contribution in [3.05, 3.63) is 24.5 Å². The van der Waals surface area contributed by atoms with E-state index in [1.807, 2.05) is 0 Å².